The summed E-state index contributed by atoms with van der Waals surface area (Å²) >= 11 is 0. The van der Waals surface area contributed by atoms with Gasteiger partial charge in [-0.1, -0.05) is 66.7 Å². The lowest BCUT2D eigenvalue weighted by Gasteiger charge is -2.15. The van der Waals surface area contributed by atoms with Crippen molar-refractivity contribution < 1.29 is 9.59 Å². The molecule has 4 aromatic carbocycles. The molecule has 6 rings (SSSR count). The summed E-state index contributed by atoms with van der Waals surface area (Å²) in [6.45, 7) is 2.63. The molecule has 6 heteroatoms. The predicted octanol–water partition coefficient (Wildman–Crippen LogP) is 6.74. The number of nitrogens with one attached hydrogen (secondary N) is 2. The molecule has 2 N–H and O–H groups in total. The zero-order valence-corrected chi connectivity index (χ0v) is 23.6. The highest BCUT2D eigenvalue weighted by molar-refractivity contribution is 6.06. The number of ketones is 1. The molecule has 0 saturated heterocycles. The maximum atomic E-state index is 13.0. The van der Waals surface area contributed by atoms with Crippen LogP contribution in [0.3, 0.4) is 0 Å². The molecule has 1 amide bonds. The first-order chi connectivity index (χ1) is 20.6. The number of Topliss-reactive ketones (excluding diaryl/α,β-unsaturated/α-hetero) is 1. The Morgan fingerprint density at radius 1 is 0.690 bits per heavy atom. The molecule has 4 aromatic rings. The van der Waals surface area contributed by atoms with E-state index in [1.165, 1.54) is 0 Å². The Morgan fingerprint density at radius 2 is 1.40 bits per heavy atom. The average molecular weight is 555 g/mol. The Hall–Kier alpha value is -4.84. The molecule has 0 spiro atoms. The van der Waals surface area contributed by atoms with Gasteiger partial charge >= 0.3 is 0 Å². The zero-order chi connectivity index (χ0) is 28.7. The van der Waals surface area contributed by atoms with Crippen LogP contribution in [0.2, 0.25) is 0 Å². The lowest BCUT2D eigenvalue weighted by Crippen LogP contribution is -2.30. The largest absolute Gasteiger partial charge is 0.370 e. The quantitative estimate of drug-likeness (QED) is 0.237. The minimum atomic E-state index is -0.152. The van der Waals surface area contributed by atoms with Gasteiger partial charge in [0.15, 0.2) is 5.78 Å². The van der Waals surface area contributed by atoms with Crippen LogP contribution in [0.4, 0.5) is 5.69 Å². The third-order valence-corrected chi connectivity index (χ3v) is 7.73. The van der Waals surface area contributed by atoms with Gasteiger partial charge in [0, 0.05) is 54.1 Å². The summed E-state index contributed by atoms with van der Waals surface area (Å²) in [5.74, 6) is 0.826. The Labute approximate surface area is 246 Å². The van der Waals surface area contributed by atoms with Crippen molar-refractivity contribution in [2.45, 2.75) is 32.1 Å². The monoisotopic (exact) mass is 554 g/mol. The number of amides is 1. The van der Waals surface area contributed by atoms with Crippen LogP contribution in [0.15, 0.2) is 107 Å². The standard InChI is InChI=1S/C36H34N4O2/c41-34(23-25-6-3-8-31(22-25)35-38-20-5-21-39-35)28-15-11-26(12-16-28)27-13-17-29(18-14-27)36(42)40-32-9-4-7-30(24-32)33-10-1-2-19-37-33/h3-4,6-9,11-18,22,24H,1-2,5,10,19-21,23H2,(H,38,39)(H,40,42). The van der Waals surface area contributed by atoms with Crippen molar-refractivity contribution in [1.82, 2.24) is 5.32 Å². The molecule has 2 heterocycles. The van der Waals surface area contributed by atoms with Gasteiger partial charge in [0.2, 0.25) is 0 Å². The second kappa shape index (κ2) is 12.8. The first-order valence-corrected chi connectivity index (χ1v) is 14.7. The van der Waals surface area contributed by atoms with Crippen molar-refractivity contribution >= 4 is 28.9 Å². The smallest absolute Gasteiger partial charge is 0.255 e. The van der Waals surface area contributed by atoms with Gasteiger partial charge in [0.1, 0.15) is 5.84 Å². The van der Waals surface area contributed by atoms with Crippen molar-refractivity contribution in [3.05, 3.63) is 125 Å². The van der Waals surface area contributed by atoms with E-state index in [0.29, 0.717) is 17.5 Å². The highest BCUT2D eigenvalue weighted by Crippen LogP contribution is 2.23. The fourth-order valence-electron chi connectivity index (χ4n) is 5.42. The molecular formula is C36H34N4O2. The summed E-state index contributed by atoms with van der Waals surface area (Å²) in [7, 11) is 0. The predicted molar refractivity (Wildman–Crippen MR) is 170 cm³/mol. The maximum absolute atomic E-state index is 13.0. The third kappa shape index (κ3) is 6.55. The number of carbonyl (C=O) groups excluding carboxylic acids is 2. The molecule has 0 atom stereocenters. The van der Waals surface area contributed by atoms with E-state index in [1.54, 1.807) is 0 Å². The minimum absolute atomic E-state index is 0.0730. The van der Waals surface area contributed by atoms with Crippen LogP contribution in [-0.2, 0) is 6.42 Å². The van der Waals surface area contributed by atoms with Crippen molar-refractivity contribution in [3.63, 3.8) is 0 Å². The molecule has 0 radical (unpaired) electrons. The Kier molecular flexibility index (Phi) is 8.31. The lowest BCUT2D eigenvalue weighted by molar-refractivity contribution is 0.0991. The van der Waals surface area contributed by atoms with Crippen LogP contribution >= 0.6 is 0 Å². The van der Waals surface area contributed by atoms with E-state index in [-0.39, 0.29) is 11.7 Å². The molecule has 2 aliphatic rings. The van der Waals surface area contributed by atoms with Crippen LogP contribution in [0.25, 0.3) is 11.1 Å². The van der Waals surface area contributed by atoms with Gasteiger partial charge in [-0.15, -0.1) is 0 Å². The summed E-state index contributed by atoms with van der Waals surface area (Å²) < 4.78 is 0. The number of benzene rings is 4. The number of amidine groups is 1. The number of carbonyl (C=O) groups is 2. The minimum Gasteiger partial charge on any atom is -0.370 e. The molecule has 0 unspecified atom stereocenters. The molecule has 6 nitrogen and oxygen atoms in total. The Balaban J connectivity index is 1.08. The van der Waals surface area contributed by atoms with Crippen LogP contribution in [0.1, 0.15) is 63.1 Å². The SMILES string of the molecule is O=C(Cc1cccc(C2=NCCCN2)c1)c1ccc(-c2ccc(C(=O)Nc3cccc(C4=NCCCC4)c3)cc2)cc1. The van der Waals surface area contributed by atoms with Gasteiger partial charge < -0.3 is 10.6 Å². The van der Waals surface area contributed by atoms with E-state index in [4.69, 9.17) is 0 Å². The average Bonchev–Trinajstić information content (AvgIpc) is 3.06. The van der Waals surface area contributed by atoms with Crippen LogP contribution in [0.5, 0.6) is 0 Å². The van der Waals surface area contributed by atoms with Crippen LogP contribution < -0.4 is 10.6 Å². The fourth-order valence-corrected chi connectivity index (χ4v) is 5.42. The van der Waals surface area contributed by atoms with Crippen molar-refractivity contribution in [3.8, 4) is 11.1 Å². The van der Waals surface area contributed by atoms with Crippen molar-refractivity contribution in [2.24, 2.45) is 9.98 Å². The van der Waals surface area contributed by atoms with Gasteiger partial charge in [-0.3, -0.25) is 19.6 Å². The zero-order valence-electron chi connectivity index (χ0n) is 23.6. The molecule has 210 valence electrons. The number of hydrogen-bond acceptors (Lipinski definition) is 5. The highest BCUT2D eigenvalue weighted by atomic mass is 16.1. The number of hydrogen-bond donors (Lipinski definition) is 2. The van der Waals surface area contributed by atoms with Crippen LogP contribution in [0, 0.1) is 0 Å². The van der Waals surface area contributed by atoms with E-state index in [0.717, 1.165) is 90.4 Å². The van der Waals surface area contributed by atoms with E-state index in [9.17, 15) is 9.59 Å². The number of rotatable bonds is 8. The van der Waals surface area contributed by atoms with E-state index in [1.807, 2.05) is 91.0 Å². The fraction of sp³-hybridized carbons (Fsp3) is 0.222. The van der Waals surface area contributed by atoms with Crippen LogP contribution in [-0.4, -0.2) is 42.9 Å². The molecule has 0 saturated carbocycles. The third-order valence-electron chi connectivity index (χ3n) is 7.73. The molecule has 0 aliphatic carbocycles. The Bertz CT molecular complexity index is 1530. The molecule has 0 bridgehead atoms. The molecule has 0 aromatic heterocycles. The number of nitrogens with zero attached hydrogens (tertiary/aromatic N) is 2. The molecular weight excluding hydrogens is 520 g/mol. The summed E-state index contributed by atoms with van der Waals surface area (Å²) in [6.07, 6.45) is 4.66. The van der Waals surface area contributed by atoms with E-state index < -0.39 is 0 Å². The van der Waals surface area contributed by atoms with Gasteiger partial charge in [0.05, 0.1) is 0 Å². The summed E-state index contributed by atoms with van der Waals surface area (Å²) in [4.78, 5) is 35.2. The first-order valence-electron chi connectivity index (χ1n) is 14.7. The van der Waals surface area contributed by atoms with Gasteiger partial charge in [0.25, 0.3) is 5.91 Å². The number of anilines is 1. The first kappa shape index (κ1) is 27.3. The second-order valence-electron chi connectivity index (χ2n) is 10.8. The van der Waals surface area contributed by atoms with Crippen molar-refractivity contribution in [2.75, 3.05) is 25.0 Å². The number of aliphatic imine (C=N–C) groups is 2. The topological polar surface area (TPSA) is 82.9 Å². The lowest BCUT2D eigenvalue weighted by atomic mass is 9.98. The maximum Gasteiger partial charge on any atom is 0.255 e. The molecule has 42 heavy (non-hydrogen) atoms. The van der Waals surface area contributed by atoms with Gasteiger partial charge in [-0.05, 0) is 78.3 Å². The van der Waals surface area contributed by atoms with E-state index in [2.05, 4.69) is 26.7 Å². The summed E-state index contributed by atoms with van der Waals surface area (Å²) in [5, 5.41) is 6.36. The summed E-state index contributed by atoms with van der Waals surface area (Å²) in [6, 6.07) is 31.1. The van der Waals surface area contributed by atoms with Gasteiger partial charge in [-0.25, -0.2) is 0 Å². The van der Waals surface area contributed by atoms with Gasteiger partial charge in [-0.2, -0.15) is 0 Å². The second-order valence-corrected chi connectivity index (χ2v) is 10.8. The van der Waals surface area contributed by atoms with E-state index >= 15 is 0 Å². The highest BCUT2D eigenvalue weighted by Gasteiger charge is 2.13. The summed E-state index contributed by atoms with van der Waals surface area (Å²) in [5.41, 5.74) is 8.18. The molecule has 2 aliphatic heterocycles. The molecule has 0 fully saturated rings. The normalized spacial score (nSPS) is 14.8. The Morgan fingerprint density at radius 3 is 2.12 bits per heavy atom. The van der Waals surface area contributed by atoms with Crippen molar-refractivity contribution in [1.29, 1.82) is 0 Å².